The van der Waals surface area contributed by atoms with Crippen LogP contribution in [-0.4, -0.2) is 14.8 Å². The maximum absolute atomic E-state index is 5.77. The maximum atomic E-state index is 5.77. The van der Waals surface area contributed by atoms with Crippen molar-refractivity contribution in [3.63, 3.8) is 0 Å². The Kier molecular flexibility index (Phi) is 2.73. The largest absolute Gasteiger partial charge is 0.399 e. The summed E-state index contributed by atoms with van der Waals surface area (Å²) in [5, 5.41) is 4.12. The Morgan fingerprint density at radius 2 is 2.20 bits per heavy atom. The lowest BCUT2D eigenvalue weighted by Crippen LogP contribution is -2.00. The van der Waals surface area contributed by atoms with E-state index in [0.717, 1.165) is 22.4 Å². The van der Waals surface area contributed by atoms with Gasteiger partial charge in [0.15, 0.2) is 5.82 Å². The summed E-state index contributed by atoms with van der Waals surface area (Å²) < 4.78 is 2.78. The van der Waals surface area contributed by atoms with Crippen LogP contribution in [0.15, 0.2) is 29.0 Å². The predicted molar refractivity (Wildman–Crippen MR) is 63.2 cm³/mol. The molecule has 0 aliphatic carbocycles. The molecule has 1 heterocycles. The summed E-state index contributed by atoms with van der Waals surface area (Å²) in [6.45, 7) is 2.82. The molecule has 4 nitrogen and oxygen atoms in total. The predicted octanol–water partition coefficient (Wildman–Crippen LogP) is 2.31. The highest BCUT2D eigenvalue weighted by Gasteiger charge is 2.07. The molecule has 2 aromatic rings. The lowest BCUT2D eigenvalue weighted by molar-refractivity contribution is 0.666. The van der Waals surface area contributed by atoms with Crippen LogP contribution in [0.5, 0.6) is 0 Å². The first-order valence-electron chi connectivity index (χ1n) is 4.65. The van der Waals surface area contributed by atoms with Crippen LogP contribution in [0.25, 0.3) is 11.4 Å². The van der Waals surface area contributed by atoms with Gasteiger partial charge in [-0.3, -0.25) is 0 Å². The zero-order valence-electron chi connectivity index (χ0n) is 8.31. The molecule has 2 N–H and O–H groups in total. The molecule has 5 heteroatoms. The number of aromatic nitrogens is 3. The van der Waals surface area contributed by atoms with E-state index in [4.69, 9.17) is 5.73 Å². The van der Waals surface area contributed by atoms with Crippen LogP contribution in [0, 0.1) is 0 Å². The molecule has 0 saturated heterocycles. The van der Waals surface area contributed by atoms with Crippen molar-refractivity contribution in [1.82, 2.24) is 14.8 Å². The van der Waals surface area contributed by atoms with Gasteiger partial charge in [0.1, 0.15) is 6.33 Å². The van der Waals surface area contributed by atoms with Crippen molar-refractivity contribution in [3.8, 4) is 11.4 Å². The van der Waals surface area contributed by atoms with E-state index in [-0.39, 0.29) is 0 Å². The standard InChI is InChI=1S/C10H11BrN4/c1-2-15-10(13-6-14-15)7-3-8(11)5-9(12)4-7/h3-6H,2,12H2,1H3. The first-order chi connectivity index (χ1) is 7.20. The highest BCUT2D eigenvalue weighted by atomic mass is 79.9. The second-order valence-electron chi connectivity index (χ2n) is 3.17. The molecule has 0 unspecified atom stereocenters. The smallest absolute Gasteiger partial charge is 0.158 e. The summed E-state index contributed by atoms with van der Waals surface area (Å²) in [4.78, 5) is 4.21. The summed E-state index contributed by atoms with van der Waals surface area (Å²) in [6.07, 6.45) is 1.55. The number of nitrogens with two attached hydrogens (primary N) is 1. The minimum absolute atomic E-state index is 0.713. The van der Waals surface area contributed by atoms with Gasteiger partial charge < -0.3 is 5.73 Å². The molecule has 0 fully saturated rings. The van der Waals surface area contributed by atoms with Crippen molar-refractivity contribution in [2.24, 2.45) is 0 Å². The summed E-state index contributed by atoms with van der Waals surface area (Å²) in [5.41, 5.74) is 7.46. The first-order valence-corrected chi connectivity index (χ1v) is 5.44. The average Bonchev–Trinajstić information content (AvgIpc) is 2.63. The van der Waals surface area contributed by atoms with Crippen molar-refractivity contribution in [2.45, 2.75) is 13.5 Å². The fourth-order valence-electron chi connectivity index (χ4n) is 1.46. The number of hydrogen-bond donors (Lipinski definition) is 1. The molecule has 0 spiro atoms. The Morgan fingerprint density at radius 1 is 1.40 bits per heavy atom. The van der Waals surface area contributed by atoms with Crippen LogP contribution >= 0.6 is 15.9 Å². The van der Waals surface area contributed by atoms with Crippen molar-refractivity contribution in [1.29, 1.82) is 0 Å². The normalized spacial score (nSPS) is 10.5. The van der Waals surface area contributed by atoms with Crippen LogP contribution in [0.1, 0.15) is 6.92 Å². The topological polar surface area (TPSA) is 56.7 Å². The number of nitrogen functional groups attached to an aromatic ring is 1. The van der Waals surface area contributed by atoms with Crippen LogP contribution < -0.4 is 5.73 Å². The van der Waals surface area contributed by atoms with Crippen LogP contribution in [0.2, 0.25) is 0 Å². The quantitative estimate of drug-likeness (QED) is 0.849. The van der Waals surface area contributed by atoms with Gasteiger partial charge in [0, 0.05) is 22.3 Å². The molecule has 78 valence electrons. The van der Waals surface area contributed by atoms with E-state index in [2.05, 4.69) is 26.0 Å². The van der Waals surface area contributed by atoms with Gasteiger partial charge in [-0.1, -0.05) is 15.9 Å². The molecule has 1 aromatic heterocycles. The highest BCUT2D eigenvalue weighted by Crippen LogP contribution is 2.24. The number of hydrogen-bond acceptors (Lipinski definition) is 3. The summed E-state index contributed by atoms with van der Waals surface area (Å²) in [6, 6.07) is 5.73. The van der Waals surface area contributed by atoms with E-state index < -0.39 is 0 Å². The first kappa shape index (κ1) is 10.2. The molecule has 0 radical (unpaired) electrons. The van der Waals surface area contributed by atoms with Crippen molar-refractivity contribution in [3.05, 3.63) is 29.0 Å². The Morgan fingerprint density at radius 3 is 2.87 bits per heavy atom. The van der Waals surface area contributed by atoms with Gasteiger partial charge in [-0.05, 0) is 25.1 Å². The molecule has 0 aliphatic heterocycles. The lowest BCUT2D eigenvalue weighted by atomic mass is 10.2. The van der Waals surface area contributed by atoms with E-state index in [1.165, 1.54) is 0 Å². The van der Waals surface area contributed by atoms with Crippen molar-refractivity contribution in [2.75, 3.05) is 5.73 Å². The van der Waals surface area contributed by atoms with Crippen molar-refractivity contribution >= 4 is 21.6 Å². The van der Waals surface area contributed by atoms with Crippen molar-refractivity contribution < 1.29 is 0 Å². The van der Waals surface area contributed by atoms with E-state index in [1.54, 1.807) is 6.33 Å². The monoisotopic (exact) mass is 266 g/mol. The zero-order valence-corrected chi connectivity index (χ0v) is 9.90. The SMILES string of the molecule is CCn1ncnc1-c1cc(N)cc(Br)c1. The van der Waals surface area contributed by atoms with E-state index in [9.17, 15) is 0 Å². The summed E-state index contributed by atoms with van der Waals surface area (Å²) >= 11 is 3.41. The van der Waals surface area contributed by atoms with E-state index >= 15 is 0 Å². The molecule has 2 rings (SSSR count). The lowest BCUT2D eigenvalue weighted by Gasteiger charge is -2.04. The van der Waals surface area contributed by atoms with Gasteiger partial charge >= 0.3 is 0 Å². The van der Waals surface area contributed by atoms with Gasteiger partial charge in [-0.15, -0.1) is 0 Å². The number of benzene rings is 1. The summed E-state index contributed by atoms with van der Waals surface area (Å²) in [5.74, 6) is 0.838. The molecule has 0 atom stereocenters. The zero-order chi connectivity index (χ0) is 10.8. The fourth-order valence-corrected chi connectivity index (χ4v) is 1.97. The third-order valence-corrected chi connectivity index (χ3v) is 2.55. The Labute approximate surface area is 96.3 Å². The van der Waals surface area contributed by atoms with Gasteiger partial charge in [0.05, 0.1) is 0 Å². The number of halogens is 1. The molecule has 0 saturated carbocycles. The third kappa shape index (κ3) is 2.02. The van der Waals surface area contributed by atoms with Gasteiger partial charge in [-0.25, -0.2) is 9.67 Å². The maximum Gasteiger partial charge on any atom is 0.158 e. The number of nitrogens with zero attached hydrogens (tertiary/aromatic N) is 3. The number of aryl methyl sites for hydroxylation is 1. The van der Waals surface area contributed by atoms with Crippen LogP contribution in [0.3, 0.4) is 0 Å². The van der Waals surface area contributed by atoms with Crippen LogP contribution in [-0.2, 0) is 6.54 Å². The molecular formula is C10H11BrN4. The Hall–Kier alpha value is -1.36. The van der Waals surface area contributed by atoms with Gasteiger partial charge in [0.2, 0.25) is 0 Å². The Balaban J connectivity index is 2.53. The number of rotatable bonds is 2. The summed E-state index contributed by atoms with van der Waals surface area (Å²) in [7, 11) is 0. The minimum Gasteiger partial charge on any atom is -0.399 e. The van der Waals surface area contributed by atoms with Crippen LogP contribution in [0.4, 0.5) is 5.69 Å². The Bertz CT molecular complexity index is 458. The minimum atomic E-state index is 0.713. The molecular weight excluding hydrogens is 256 g/mol. The average molecular weight is 267 g/mol. The highest BCUT2D eigenvalue weighted by molar-refractivity contribution is 9.10. The molecule has 15 heavy (non-hydrogen) atoms. The second-order valence-corrected chi connectivity index (χ2v) is 4.09. The third-order valence-electron chi connectivity index (χ3n) is 2.09. The van der Waals surface area contributed by atoms with E-state index in [1.807, 2.05) is 29.8 Å². The molecule has 0 amide bonds. The van der Waals surface area contributed by atoms with Gasteiger partial charge in [-0.2, -0.15) is 5.10 Å². The molecule has 1 aromatic carbocycles. The molecule has 0 bridgehead atoms. The molecule has 0 aliphatic rings. The van der Waals surface area contributed by atoms with Gasteiger partial charge in [0.25, 0.3) is 0 Å². The fraction of sp³-hybridized carbons (Fsp3) is 0.200. The second kappa shape index (κ2) is 4.02. The van der Waals surface area contributed by atoms with E-state index in [0.29, 0.717) is 5.69 Å². The number of anilines is 1.